The first-order valence-corrected chi connectivity index (χ1v) is 10.0. The van der Waals surface area contributed by atoms with Crippen molar-refractivity contribution in [2.45, 2.75) is 0 Å². The van der Waals surface area contributed by atoms with Crippen molar-refractivity contribution in [3.8, 4) is 11.8 Å². The number of amides is 1. The second-order valence-electron chi connectivity index (χ2n) is 6.95. The lowest BCUT2D eigenvalue weighted by molar-refractivity contribution is 0.0746. The zero-order valence-corrected chi connectivity index (χ0v) is 16.8. The first-order chi connectivity index (χ1) is 14.2. The quantitative estimate of drug-likeness (QED) is 0.582. The molecule has 1 aliphatic heterocycles. The fourth-order valence-electron chi connectivity index (χ4n) is 3.40. The molecule has 1 heterocycles. The molecule has 1 fully saturated rings. The molecule has 0 N–H and O–H groups in total. The summed E-state index contributed by atoms with van der Waals surface area (Å²) in [5, 5.41) is 0.734. The largest absolute Gasteiger partial charge is 0.368 e. The van der Waals surface area contributed by atoms with E-state index >= 15 is 0 Å². The minimum Gasteiger partial charge on any atom is -0.368 e. The molecule has 0 saturated carbocycles. The molecule has 1 amide bonds. The van der Waals surface area contributed by atoms with Gasteiger partial charge in [-0.3, -0.25) is 4.79 Å². The number of piperazine rings is 1. The Morgan fingerprint density at radius 3 is 2.14 bits per heavy atom. The van der Waals surface area contributed by atoms with Gasteiger partial charge in [-0.1, -0.05) is 47.7 Å². The van der Waals surface area contributed by atoms with Crippen LogP contribution in [0.1, 0.15) is 21.5 Å². The number of rotatable bonds is 2. The van der Waals surface area contributed by atoms with Gasteiger partial charge in [0.25, 0.3) is 5.91 Å². The summed E-state index contributed by atoms with van der Waals surface area (Å²) in [6.07, 6.45) is 0. The molecule has 0 atom stereocenters. The Morgan fingerprint density at radius 1 is 0.759 bits per heavy atom. The Balaban J connectivity index is 1.41. The molecule has 0 spiro atoms. The predicted molar refractivity (Wildman–Crippen MR) is 118 cm³/mol. The summed E-state index contributed by atoms with van der Waals surface area (Å²) in [5.74, 6) is 6.36. The summed E-state index contributed by atoms with van der Waals surface area (Å²) in [6, 6.07) is 25.3. The second-order valence-corrected chi connectivity index (χ2v) is 7.39. The summed E-state index contributed by atoms with van der Waals surface area (Å²) in [5.41, 5.74) is 3.63. The number of anilines is 1. The molecule has 4 rings (SSSR count). The maximum atomic E-state index is 13.0. The number of benzene rings is 3. The molecule has 3 aromatic rings. The smallest absolute Gasteiger partial charge is 0.254 e. The van der Waals surface area contributed by atoms with Gasteiger partial charge in [0.05, 0.1) is 0 Å². The maximum absolute atomic E-state index is 13.0. The topological polar surface area (TPSA) is 23.6 Å². The molecule has 0 bridgehead atoms. The highest BCUT2D eigenvalue weighted by atomic mass is 35.5. The van der Waals surface area contributed by atoms with Crippen LogP contribution in [-0.4, -0.2) is 37.0 Å². The minimum absolute atomic E-state index is 0.0594. The van der Waals surface area contributed by atoms with Crippen molar-refractivity contribution in [2.75, 3.05) is 31.1 Å². The van der Waals surface area contributed by atoms with Gasteiger partial charge >= 0.3 is 0 Å². The van der Waals surface area contributed by atoms with Crippen LogP contribution in [-0.2, 0) is 0 Å². The highest BCUT2D eigenvalue weighted by molar-refractivity contribution is 6.30. The normalized spacial score (nSPS) is 13.6. The molecule has 1 aliphatic rings. The average Bonchev–Trinajstić information content (AvgIpc) is 2.79. The van der Waals surface area contributed by atoms with E-state index in [0.717, 1.165) is 34.9 Å². The van der Waals surface area contributed by atoms with Crippen LogP contribution in [0.25, 0.3) is 0 Å². The van der Waals surface area contributed by atoms with Crippen molar-refractivity contribution in [3.05, 3.63) is 101 Å². The summed E-state index contributed by atoms with van der Waals surface area (Å²) < 4.78 is 0. The summed E-state index contributed by atoms with van der Waals surface area (Å²) in [6.45, 7) is 3.00. The van der Waals surface area contributed by atoms with Crippen molar-refractivity contribution in [3.63, 3.8) is 0 Å². The minimum atomic E-state index is 0.0594. The van der Waals surface area contributed by atoms with E-state index in [-0.39, 0.29) is 5.91 Å². The fraction of sp³-hybridized carbons (Fsp3) is 0.160. The first-order valence-electron chi connectivity index (χ1n) is 9.66. The third-order valence-electron chi connectivity index (χ3n) is 4.99. The van der Waals surface area contributed by atoms with Crippen LogP contribution in [0, 0.1) is 11.8 Å². The Kier molecular flexibility index (Phi) is 5.84. The van der Waals surface area contributed by atoms with Crippen molar-refractivity contribution >= 4 is 23.2 Å². The van der Waals surface area contributed by atoms with E-state index in [0.29, 0.717) is 18.7 Å². The molecule has 0 aliphatic carbocycles. The zero-order valence-electron chi connectivity index (χ0n) is 16.0. The van der Waals surface area contributed by atoms with Crippen molar-refractivity contribution in [1.29, 1.82) is 0 Å². The van der Waals surface area contributed by atoms with E-state index in [1.54, 1.807) is 0 Å². The third kappa shape index (κ3) is 4.80. The second kappa shape index (κ2) is 8.86. The number of halogens is 1. The van der Waals surface area contributed by atoms with Crippen LogP contribution in [0.3, 0.4) is 0 Å². The molecule has 4 heteroatoms. The Bertz CT molecular complexity index is 1040. The van der Waals surface area contributed by atoms with Gasteiger partial charge in [-0.15, -0.1) is 0 Å². The Morgan fingerprint density at radius 2 is 1.41 bits per heavy atom. The predicted octanol–water partition coefficient (Wildman–Crippen LogP) is 4.70. The molecule has 0 radical (unpaired) electrons. The highest BCUT2D eigenvalue weighted by Crippen LogP contribution is 2.20. The number of hydrogen-bond donors (Lipinski definition) is 0. The summed E-state index contributed by atoms with van der Waals surface area (Å²) in [4.78, 5) is 17.1. The monoisotopic (exact) mass is 400 g/mol. The molecular weight excluding hydrogens is 380 g/mol. The van der Waals surface area contributed by atoms with Crippen molar-refractivity contribution in [1.82, 2.24) is 4.90 Å². The van der Waals surface area contributed by atoms with Crippen LogP contribution in [0.4, 0.5) is 5.69 Å². The maximum Gasteiger partial charge on any atom is 0.254 e. The molecule has 144 valence electrons. The molecule has 3 aromatic carbocycles. The molecule has 1 saturated heterocycles. The SMILES string of the molecule is O=C(c1cccc(C#Cc2ccccc2)c1)N1CCN(c2ccc(Cl)cc2)CC1. The van der Waals surface area contributed by atoms with Crippen LogP contribution < -0.4 is 4.90 Å². The van der Waals surface area contributed by atoms with E-state index < -0.39 is 0 Å². The average molecular weight is 401 g/mol. The number of carbonyl (C=O) groups is 1. The number of nitrogens with zero attached hydrogens (tertiary/aromatic N) is 2. The number of hydrogen-bond acceptors (Lipinski definition) is 2. The number of carbonyl (C=O) groups excluding carboxylic acids is 1. The highest BCUT2D eigenvalue weighted by Gasteiger charge is 2.22. The van der Waals surface area contributed by atoms with Gasteiger partial charge in [0, 0.05) is 53.6 Å². The van der Waals surface area contributed by atoms with E-state index in [1.807, 2.05) is 83.8 Å². The van der Waals surface area contributed by atoms with Gasteiger partial charge in [-0.2, -0.15) is 0 Å². The van der Waals surface area contributed by atoms with Crippen LogP contribution >= 0.6 is 11.6 Å². The van der Waals surface area contributed by atoms with Crippen LogP contribution in [0.5, 0.6) is 0 Å². The summed E-state index contributed by atoms with van der Waals surface area (Å²) >= 11 is 5.97. The molecule has 3 nitrogen and oxygen atoms in total. The Labute approximate surface area is 176 Å². The van der Waals surface area contributed by atoms with Crippen LogP contribution in [0.2, 0.25) is 5.02 Å². The lowest BCUT2D eigenvalue weighted by Crippen LogP contribution is -2.48. The van der Waals surface area contributed by atoms with Gasteiger partial charge < -0.3 is 9.80 Å². The van der Waals surface area contributed by atoms with E-state index in [2.05, 4.69) is 16.7 Å². The summed E-state index contributed by atoms with van der Waals surface area (Å²) in [7, 11) is 0. The Hall–Kier alpha value is -3.22. The lowest BCUT2D eigenvalue weighted by Gasteiger charge is -2.36. The molecule has 29 heavy (non-hydrogen) atoms. The van der Waals surface area contributed by atoms with Crippen molar-refractivity contribution in [2.24, 2.45) is 0 Å². The van der Waals surface area contributed by atoms with Crippen molar-refractivity contribution < 1.29 is 4.79 Å². The van der Waals surface area contributed by atoms with Gasteiger partial charge in [-0.25, -0.2) is 0 Å². The standard InChI is InChI=1S/C25H21ClN2O/c26-23-11-13-24(14-12-23)27-15-17-28(18-16-27)25(29)22-8-4-7-21(19-22)10-9-20-5-2-1-3-6-20/h1-8,11-14,19H,15-18H2. The fourth-order valence-corrected chi connectivity index (χ4v) is 3.52. The lowest BCUT2D eigenvalue weighted by atomic mass is 10.1. The van der Waals surface area contributed by atoms with E-state index in [9.17, 15) is 4.79 Å². The molecular formula is C25H21ClN2O. The van der Waals surface area contributed by atoms with Crippen LogP contribution in [0.15, 0.2) is 78.9 Å². The zero-order chi connectivity index (χ0) is 20.1. The van der Waals surface area contributed by atoms with Gasteiger partial charge in [0.2, 0.25) is 0 Å². The van der Waals surface area contributed by atoms with Gasteiger partial charge in [0.15, 0.2) is 0 Å². The van der Waals surface area contributed by atoms with E-state index in [4.69, 9.17) is 11.6 Å². The third-order valence-corrected chi connectivity index (χ3v) is 5.25. The first kappa shape index (κ1) is 19.1. The molecule has 0 unspecified atom stereocenters. The van der Waals surface area contributed by atoms with Gasteiger partial charge in [0.1, 0.15) is 0 Å². The van der Waals surface area contributed by atoms with Gasteiger partial charge in [-0.05, 0) is 54.6 Å². The van der Waals surface area contributed by atoms with E-state index in [1.165, 1.54) is 0 Å². The molecule has 0 aromatic heterocycles.